The summed E-state index contributed by atoms with van der Waals surface area (Å²) in [6.45, 7) is 3.06. The van der Waals surface area contributed by atoms with Crippen LogP contribution >= 0.6 is 22.9 Å². The van der Waals surface area contributed by atoms with Gasteiger partial charge in [-0.2, -0.15) is 4.98 Å². The van der Waals surface area contributed by atoms with Crippen molar-refractivity contribution in [3.05, 3.63) is 15.7 Å². The Kier molecular flexibility index (Phi) is 3.23. The van der Waals surface area contributed by atoms with Gasteiger partial charge in [-0.3, -0.25) is 4.79 Å². The minimum absolute atomic E-state index is 0.315. The first-order valence-electron chi connectivity index (χ1n) is 7.18. The van der Waals surface area contributed by atoms with Gasteiger partial charge in [0.1, 0.15) is 10.6 Å². The molecule has 1 saturated heterocycles. The second-order valence-corrected chi connectivity index (χ2v) is 6.90. The number of hydrogen-bond donors (Lipinski definition) is 0. The summed E-state index contributed by atoms with van der Waals surface area (Å²) in [6, 6.07) is 0. The van der Waals surface area contributed by atoms with Crippen molar-refractivity contribution in [2.45, 2.75) is 19.3 Å². The molecule has 110 valence electrons. The highest BCUT2D eigenvalue weighted by Crippen LogP contribution is 2.41. The van der Waals surface area contributed by atoms with Crippen LogP contribution in [-0.2, 0) is 17.6 Å². The number of halogens is 1. The van der Waals surface area contributed by atoms with E-state index < -0.39 is 0 Å². The maximum Gasteiger partial charge on any atom is 0.225 e. The van der Waals surface area contributed by atoms with Crippen LogP contribution in [0.5, 0.6) is 0 Å². The summed E-state index contributed by atoms with van der Waals surface area (Å²) in [5, 5.41) is 1.51. The Morgan fingerprint density at radius 3 is 2.71 bits per heavy atom. The fourth-order valence-corrected chi connectivity index (χ4v) is 4.69. The summed E-state index contributed by atoms with van der Waals surface area (Å²) in [5.74, 6) is 0.954. The molecule has 3 heterocycles. The summed E-state index contributed by atoms with van der Waals surface area (Å²) >= 11 is 7.87. The lowest BCUT2D eigenvalue weighted by molar-refractivity contribution is -0.118. The molecule has 2 aromatic rings. The number of nitrogens with zero attached hydrogens (tertiary/aromatic N) is 4. The Balaban J connectivity index is 1.79. The predicted molar refractivity (Wildman–Crippen MR) is 84.3 cm³/mol. The smallest absolute Gasteiger partial charge is 0.225 e. The van der Waals surface area contributed by atoms with Gasteiger partial charge in [-0.1, -0.05) is 0 Å². The van der Waals surface area contributed by atoms with Crippen molar-refractivity contribution < 1.29 is 4.79 Å². The number of carbonyl (C=O) groups is 1. The number of hydrogen-bond acceptors (Lipinski definition) is 5. The molecule has 0 aromatic carbocycles. The average Bonchev–Trinajstić information content (AvgIpc) is 3.06. The number of amides is 1. The third-order valence-corrected chi connectivity index (χ3v) is 5.64. The maximum atomic E-state index is 10.8. The van der Waals surface area contributed by atoms with Gasteiger partial charge in [0, 0.05) is 31.1 Å². The SMILES string of the molecule is O=CN1CCN(c2nc(Cl)nc3sc4c(c23)CCC4)CC1. The van der Waals surface area contributed by atoms with Crippen LogP contribution in [0, 0.1) is 0 Å². The van der Waals surface area contributed by atoms with E-state index in [0.29, 0.717) is 5.28 Å². The Bertz CT molecular complexity index is 709. The molecule has 2 aromatic heterocycles. The monoisotopic (exact) mass is 322 g/mol. The van der Waals surface area contributed by atoms with E-state index in [1.54, 1.807) is 16.2 Å². The highest BCUT2D eigenvalue weighted by atomic mass is 35.5. The van der Waals surface area contributed by atoms with E-state index in [2.05, 4.69) is 14.9 Å². The van der Waals surface area contributed by atoms with Gasteiger partial charge in [-0.05, 0) is 36.4 Å². The van der Waals surface area contributed by atoms with Gasteiger partial charge in [-0.15, -0.1) is 11.3 Å². The molecule has 0 saturated carbocycles. The minimum atomic E-state index is 0.315. The number of rotatable bonds is 2. The highest BCUT2D eigenvalue weighted by molar-refractivity contribution is 7.19. The van der Waals surface area contributed by atoms with Gasteiger partial charge < -0.3 is 9.80 Å². The third-order valence-electron chi connectivity index (χ3n) is 4.28. The van der Waals surface area contributed by atoms with Crippen LogP contribution in [-0.4, -0.2) is 47.5 Å². The van der Waals surface area contributed by atoms with Crippen molar-refractivity contribution in [1.29, 1.82) is 0 Å². The molecule has 0 spiro atoms. The van der Waals surface area contributed by atoms with E-state index in [4.69, 9.17) is 11.6 Å². The average molecular weight is 323 g/mol. The van der Waals surface area contributed by atoms with Crippen LogP contribution in [0.25, 0.3) is 10.2 Å². The molecule has 1 fully saturated rings. The standard InChI is InChI=1S/C14H15ClN4OS/c15-14-16-12(19-6-4-18(8-20)5-7-19)11-9-2-1-3-10(9)21-13(11)17-14/h8H,1-7H2. The Morgan fingerprint density at radius 1 is 1.14 bits per heavy atom. The number of fused-ring (bicyclic) bond motifs is 3. The second kappa shape index (κ2) is 5.10. The topological polar surface area (TPSA) is 49.3 Å². The molecule has 0 N–H and O–H groups in total. The number of aromatic nitrogens is 2. The van der Waals surface area contributed by atoms with Gasteiger partial charge in [0.25, 0.3) is 0 Å². The first kappa shape index (κ1) is 13.3. The van der Waals surface area contributed by atoms with Gasteiger partial charge in [0.2, 0.25) is 11.7 Å². The quantitative estimate of drug-likeness (QED) is 0.627. The zero-order valence-electron chi connectivity index (χ0n) is 11.5. The predicted octanol–water partition coefficient (Wildman–Crippen LogP) is 2.11. The molecule has 5 nitrogen and oxygen atoms in total. The number of thiophene rings is 1. The molecule has 4 rings (SSSR count). The Labute approximate surface area is 131 Å². The first-order chi connectivity index (χ1) is 10.3. The van der Waals surface area contributed by atoms with Crippen molar-refractivity contribution in [2.24, 2.45) is 0 Å². The van der Waals surface area contributed by atoms with Gasteiger partial charge >= 0.3 is 0 Å². The van der Waals surface area contributed by atoms with Crippen LogP contribution in [0.1, 0.15) is 16.9 Å². The van der Waals surface area contributed by atoms with Crippen molar-refractivity contribution in [3.63, 3.8) is 0 Å². The molecule has 0 radical (unpaired) electrons. The van der Waals surface area contributed by atoms with Crippen molar-refractivity contribution in [3.8, 4) is 0 Å². The van der Waals surface area contributed by atoms with Gasteiger partial charge in [-0.25, -0.2) is 4.98 Å². The van der Waals surface area contributed by atoms with E-state index in [0.717, 1.165) is 56.1 Å². The molecule has 2 aliphatic rings. The van der Waals surface area contributed by atoms with Crippen molar-refractivity contribution in [2.75, 3.05) is 31.1 Å². The van der Waals surface area contributed by atoms with E-state index in [9.17, 15) is 4.79 Å². The van der Waals surface area contributed by atoms with Crippen LogP contribution in [0.4, 0.5) is 5.82 Å². The molecule has 7 heteroatoms. The maximum absolute atomic E-state index is 10.8. The number of aryl methyl sites for hydroxylation is 2. The van der Waals surface area contributed by atoms with Crippen LogP contribution in [0.2, 0.25) is 5.28 Å². The molecule has 0 bridgehead atoms. The molecular weight excluding hydrogens is 308 g/mol. The van der Waals surface area contributed by atoms with E-state index in [1.807, 2.05) is 0 Å². The van der Waals surface area contributed by atoms with E-state index >= 15 is 0 Å². The number of anilines is 1. The normalized spacial score (nSPS) is 18.3. The third kappa shape index (κ3) is 2.17. The lowest BCUT2D eigenvalue weighted by atomic mass is 10.1. The summed E-state index contributed by atoms with van der Waals surface area (Å²) in [5.41, 5.74) is 1.42. The molecule has 1 aliphatic heterocycles. The van der Waals surface area contributed by atoms with Crippen LogP contribution < -0.4 is 4.90 Å². The van der Waals surface area contributed by atoms with E-state index in [-0.39, 0.29) is 0 Å². The Hall–Kier alpha value is -1.40. The number of carbonyl (C=O) groups excluding carboxylic acids is 1. The van der Waals surface area contributed by atoms with Crippen LogP contribution in [0.3, 0.4) is 0 Å². The zero-order chi connectivity index (χ0) is 14.4. The Morgan fingerprint density at radius 2 is 1.95 bits per heavy atom. The van der Waals surface area contributed by atoms with Crippen molar-refractivity contribution >= 4 is 45.4 Å². The summed E-state index contributed by atoms with van der Waals surface area (Å²) in [7, 11) is 0. The van der Waals surface area contributed by atoms with E-state index in [1.165, 1.54) is 22.2 Å². The molecule has 1 aliphatic carbocycles. The van der Waals surface area contributed by atoms with Gasteiger partial charge in [0.05, 0.1) is 5.39 Å². The van der Waals surface area contributed by atoms with Crippen molar-refractivity contribution in [1.82, 2.24) is 14.9 Å². The fraction of sp³-hybridized carbons (Fsp3) is 0.500. The zero-order valence-corrected chi connectivity index (χ0v) is 13.1. The van der Waals surface area contributed by atoms with Crippen LogP contribution in [0.15, 0.2) is 0 Å². The van der Waals surface area contributed by atoms with Gasteiger partial charge in [0.15, 0.2) is 0 Å². The molecular formula is C14H15ClN4OS. The molecule has 0 atom stereocenters. The second-order valence-electron chi connectivity index (χ2n) is 5.48. The summed E-state index contributed by atoms with van der Waals surface area (Å²) in [4.78, 5) is 26.2. The highest BCUT2D eigenvalue weighted by Gasteiger charge is 2.26. The molecule has 21 heavy (non-hydrogen) atoms. The summed E-state index contributed by atoms with van der Waals surface area (Å²) < 4.78 is 0. The lowest BCUT2D eigenvalue weighted by Gasteiger charge is -2.33. The number of piperazine rings is 1. The fourth-order valence-electron chi connectivity index (χ4n) is 3.22. The lowest BCUT2D eigenvalue weighted by Crippen LogP contribution is -2.46. The minimum Gasteiger partial charge on any atom is -0.352 e. The summed E-state index contributed by atoms with van der Waals surface area (Å²) in [6.07, 6.45) is 4.40. The molecule has 1 amide bonds. The largest absolute Gasteiger partial charge is 0.352 e. The molecule has 0 unspecified atom stereocenters. The first-order valence-corrected chi connectivity index (χ1v) is 8.38.